The van der Waals surface area contributed by atoms with Crippen LogP contribution in [-0.2, 0) is 6.42 Å². The number of nitrogens with zero attached hydrogens (tertiary/aromatic N) is 3. The molecule has 0 saturated carbocycles. The Labute approximate surface area is 219 Å². The van der Waals surface area contributed by atoms with Crippen molar-refractivity contribution < 1.29 is 4.79 Å². The van der Waals surface area contributed by atoms with E-state index in [9.17, 15) is 9.59 Å². The Balaban J connectivity index is 1.85. The zero-order chi connectivity index (χ0) is 26.5. The number of para-hydroxylation sites is 1. The second-order valence-electron chi connectivity index (χ2n) is 9.73. The van der Waals surface area contributed by atoms with Gasteiger partial charge in [0, 0.05) is 12.1 Å². The third-order valence-corrected chi connectivity index (χ3v) is 7.08. The SMILES string of the molecule is CCCCc1ccc(C(=O)N(CC)C(CC)c2nc3ccccc3c(=O)n2-c2ccc(C)cc2C)cc1. The number of aryl methyl sites for hydroxylation is 3. The van der Waals surface area contributed by atoms with Crippen LogP contribution in [0.25, 0.3) is 16.6 Å². The molecule has 37 heavy (non-hydrogen) atoms. The van der Waals surface area contributed by atoms with Crippen LogP contribution in [0.2, 0.25) is 0 Å². The highest BCUT2D eigenvalue weighted by atomic mass is 16.2. The van der Waals surface area contributed by atoms with Gasteiger partial charge < -0.3 is 4.90 Å². The highest BCUT2D eigenvalue weighted by Crippen LogP contribution is 2.28. The number of amides is 1. The first-order valence-corrected chi connectivity index (χ1v) is 13.4. The molecule has 0 saturated heterocycles. The number of aromatic nitrogens is 2. The standard InChI is InChI=1S/C32H37N3O2/c1-6-9-12-24-16-18-25(19-17-24)31(36)34(8-3)28(7-2)30-33-27-14-11-10-13-26(27)32(37)35(30)29-20-15-22(4)21-23(29)5/h10-11,13-21,28H,6-9,12H2,1-5H3. The van der Waals surface area contributed by atoms with E-state index in [-0.39, 0.29) is 17.5 Å². The van der Waals surface area contributed by atoms with Gasteiger partial charge in [-0.2, -0.15) is 0 Å². The lowest BCUT2D eigenvalue weighted by Crippen LogP contribution is -2.38. The summed E-state index contributed by atoms with van der Waals surface area (Å²) < 4.78 is 1.72. The first-order valence-electron chi connectivity index (χ1n) is 13.4. The van der Waals surface area contributed by atoms with Gasteiger partial charge in [-0.15, -0.1) is 0 Å². The average Bonchev–Trinajstić information content (AvgIpc) is 2.91. The smallest absolute Gasteiger partial charge is 0.266 e. The van der Waals surface area contributed by atoms with Crippen LogP contribution in [0.3, 0.4) is 0 Å². The minimum Gasteiger partial charge on any atom is -0.329 e. The van der Waals surface area contributed by atoms with E-state index < -0.39 is 0 Å². The van der Waals surface area contributed by atoms with Crippen molar-refractivity contribution in [2.24, 2.45) is 0 Å². The Morgan fingerprint density at radius 3 is 2.35 bits per heavy atom. The van der Waals surface area contributed by atoms with Gasteiger partial charge in [-0.05, 0) is 81.5 Å². The Kier molecular flexibility index (Phi) is 8.22. The molecule has 4 rings (SSSR count). The fraction of sp³-hybridized carbons (Fsp3) is 0.344. The lowest BCUT2D eigenvalue weighted by molar-refractivity contribution is 0.0672. The Morgan fingerprint density at radius 2 is 1.70 bits per heavy atom. The lowest BCUT2D eigenvalue weighted by atomic mass is 10.0. The van der Waals surface area contributed by atoms with Gasteiger partial charge in [0.2, 0.25) is 0 Å². The number of hydrogen-bond donors (Lipinski definition) is 0. The molecule has 1 heterocycles. The number of fused-ring (bicyclic) bond motifs is 1. The molecular weight excluding hydrogens is 458 g/mol. The van der Waals surface area contributed by atoms with E-state index in [0.717, 1.165) is 36.1 Å². The van der Waals surface area contributed by atoms with Crippen LogP contribution in [0.15, 0.2) is 71.5 Å². The molecule has 3 aromatic carbocycles. The third-order valence-electron chi connectivity index (χ3n) is 7.08. The predicted molar refractivity (Wildman–Crippen MR) is 152 cm³/mol. The Bertz CT molecular complexity index is 1450. The summed E-state index contributed by atoms with van der Waals surface area (Å²) >= 11 is 0. The summed E-state index contributed by atoms with van der Waals surface area (Å²) in [5.41, 5.74) is 5.35. The van der Waals surface area contributed by atoms with Crippen LogP contribution in [0.5, 0.6) is 0 Å². The van der Waals surface area contributed by atoms with Gasteiger partial charge in [0.15, 0.2) is 0 Å². The molecule has 0 bridgehead atoms. The van der Waals surface area contributed by atoms with Gasteiger partial charge in [-0.1, -0.05) is 62.2 Å². The largest absolute Gasteiger partial charge is 0.329 e. The maximum absolute atomic E-state index is 13.9. The second-order valence-corrected chi connectivity index (χ2v) is 9.73. The Hall–Kier alpha value is -3.73. The molecule has 192 valence electrons. The number of carbonyl (C=O) groups is 1. The molecule has 1 unspecified atom stereocenters. The van der Waals surface area contributed by atoms with Crippen molar-refractivity contribution in [1.29, 1.82) is 0 Å². The topological polar surface area (TPSA) is 55.2 Å². The maximum Gasteiger partial charge on any atom is 0.266 e. The van der Waals surface area contributed by atoms with E-state index >= 15 is 0 Å². The van der Waals surface area contributed by atoms with Crippen LogP contribution in [0, 0.1) is 13.8 Å². The number of unbranched alkanes of at least 4 members (excludes halogenated alkanes) is 1. The van der Waals surface area contributed by atoms with Gasteiger partial charge in [0.05, 0.1) is 22.6 Å². The highest BCUT2D eigenvalue weighted by Gasteiger charge is 2.29. The molecule has 0 aliphatic heterocycles. The van der Waals surface area contributed by atoms with Gasteiger partial charge in [-0.25, -0.2) is 4.98 Å². The van der Waals surface area contributed by atoms with Gasteiger partial charge in [-0.3, -0.25) is 14.2 Å². The molecule has 4 aromatic rings. The van der Waals surface area contributed by atoms with Gasteiger partial charge >= 0.3 is 0 Å². The van der Waals surface area contributed by atoms with Crippen molar-refractivity contribution >= 4 is 16.8 Å². The van der Waals surface area contributed by atoms with E-state index in [2.05, 4.69) is 25.1 Å². The van der Waals surface area contributed by atoms with E-state index in [0.29, 0.717) is 35.3 Å². The molecule has 5 nitrogen and oxygen atoms in total. The number of benzene rings is 3. The maximum atomic E-state index is 13.9. The fourth-order valence-corrected chi connectivity index (χ4v) is 5.07. The Morgan fingerprint density at radius 1 is 0.973 bits per heavy atom. The molecule has 0 fully saturated rings. The van der Waals surface area contributed by atoms with Crippen LogP contribution >= 0.6 is 0 Å². The molecule has 1 atom stereocenters. The molecule has 0 spiro atoms. The van der Waals surface area contributed by atoms with E-state index in [1.807, 2.05) is 81.1 Å². The normalized spacial score (nSPS) is 12.0. The van der Waals surface area contributed by atoms with Crippen molar-refractivity contribution in [1.82, 2.24) is 14.5 Å². The van der Waals surface area contributed by atoms with Crippen molar-refractivity contribution in [3.63, 3.8) is 0 Å². The zero-order valence-electron chi connectivity index (χ0n) is 22.6. The third kappa shape index (κ3) is 5.36. The predicted octanol–water partition coefficient (Wildman–Crippen LogP) is 6.96. The monoisotopic (exact) mass is 495 g/mol. The van der Waals surface area contributed by atoms with Crippen LogP contribution in [0.4, 0.5) is 0 Å². The number of rotatable bonds is 9. The van der Waals surface area contributed by atoms with Crippen molar-refractivity contribution in [2.45, 2.75) is 66.3 Å². The molecule has 0 N–H and O–H groups in total. The van der Waals surface area contributed by atoms with Crippen LogP contribution in [0.1, 0.15) is 78.9 Å². The second kappa shape index (κ2) is 11.5. The summed E-state index contributed by atoms with van der Waals surface area (Å²) in [7, 11) is 0. The number of hydrogen-bond acceptors (Lipinski definition) is 3. The van der Waals surface area contributed by atoms with E-state index in [4.69, 9.17) is 4.98 Å². The summed E-state index contributed by atoms with van der Waals surface area (Å²) in [6, 6.07) is 21.1. The summed E-state index contributed by atoms with van der Waals surface area (Å²) in [5.74, 6) is 0.541. The van der Waals surface area contributed by atoms with Gasteiger partial charge in [0.25, 0.3) is 11.5 Å². The fourth-order valence-electron chi connectivity index (χ4n) is 5.07. The average molecular weight is 496 g/mol. The lowest BCUT2D eigenvalue weighted by Gasteiger charge is -2.32. The molecule has 0 aliphatic carbocycles. The quantitative estimate of drug-likeness (QED) is 0.252. The van der Waals surface area contributed by atoms with Crippen LogP contribution < -0.4 is 5.56 Å². The molecular formula is C32H37N3O2. The van der Waals surface area contributed by atoms with Crippen molar-refractivity contribution in [3.8, 4) is 5.69 Å². The van der Waals surface area contributed by atoms with Crippen LogP contribution in [-0.4, -0.2) is 26.9 Å². The summed E-state index contributed by atoms with van der Waals surface area (Å²) in [4.78, 5) is 34.5. The highest BCUT2D eigenvalue weighted by molar-refractivity contribution is 5.94. The zero-order valence-corrected chi connectivity index (χ0v) is 22.6. The summed E-state index contributed by atoms with van der Waals surface area (Å²) in [6.45, 7) is 10.8. The van der Waals surface area contributed by atoms with E-state index in [1.165, 1.54) is 5.56 Å². The van der Waals surface area contributed by atoms with Crippen molar-refractivity contribution in [3.05, 3.63) is 105 Å². The minimum atomic E-state index is -0.365. The molecule has 1 amide bonds. The van der Waals surface area contributed by atoms with Crippen molar-refractivity contribution in [2.75, 3.05) is 6.54 Å². The first-order chi connectivity index (χ1) is 17.9. The first kappa shape index (κ1) is 26.3. The minimum absolute atomic E-state index is 0.0500. The molecule has 0 radical (unpaired) electrons. The van der Waals surface area contributed by atoms with Gasteiger partial charge in [0.1, 0.15) is 5.82 Å². The molecule has 5 heteroatoms. The number of carbonyl (C=O) groups excluding carboxylic acids is 1. The summed E-state index contributed by atoms with van der Waals surface area (Å²) in [5, 5.41) is 0.568. The summed E-state index contributed by atoms with van der Waals surface area (Å²) in [6.07, 6.45) is 3.92. The molecule has 0 aliphatic rings. The molecule has 1 aromatic heterocycles. The van der Waals surface area contributed by atoms with E-state index in [1.54, 1.807) is 4.57 Å².